The molecule has 2 aromatic carbocycles. The Morgan fingerprint density at radius 3 is 2.14 bits per heavy atom. The monoisotopic (exact) mass is 281 g/mol. The Labute approximate surface area is 129 Å². The summed E-state index contributed by atoms with van der Waals surface area (Å²) in [5.41, 5.74) is 7.11. The van der Waals surface area contributed by atoms with Crippen LogP contribution in [0, 0.1) is 13.8 Å². The van der Waals surface area contributed by atoms with Crippen LogP contribution in [0.2, 0.25) is 0 Å². The molecule has 2 aromatic rings. The van der Waals surface area contributed by atoms with Crippen molar-refractivity contribution in [2.24, 2.45) is 0 Å². The van der Waals surface area contributed by atoms with E-state index in [1.807, 2.05) is 0 Å². The van der Waals surface area contributed by atoms with Gasteiger partial charge in [-0.05, 0) is 47.1 Å². The molecule has 0 heterocycles. The Kier molecular flexibility index (Phi) is 4.84. The predicted octanol–water partition coefficient (Wildman–Crippen LogP) is 4.89. The number of nitrogens with one attached hydrogen (secondary N) is 1. The molecule has 0 spiro atoms. The minimum absolute atomic E-state index is 0.227. The van der Waals surface area contributed by atoms with E-state index in [4.69, 9.17) is 0 Å². The SMILES string of the molecule is Cc1cccc(CNCc2ccc(C(C)(C)C)cc2)c1C. The van der Waals surface area contributed by atoms with Gasteiger partial charge in [0.2, 0.25) is 0 Å². The molecule has 21 heavy (non-hydrogen) atoms. The first-order valence-electron chi connectivity index (χ1n) is 7.73. The zero-order valence-corrected chi connectivity index (χ0v) is 14.0. The number of hydrogen-bond acceptors (Lipinski definition) is 1. The second kappa shape index (κ2) is 6.44. The molecule has 0 radical (unpaired) electrons. The van der Waals surface area contributed by atoms with Crippen LogP contribution in [0.25, 0.3) is 0 Å². The van der Waals surface area contributed by atoms with Gasteiger partial charge in [-0.1, -0.05) is 63.2 Å². The van der Waals surface area contributed by atoms with E-state index in [9.17, 15) is 0 Å². The highest BCUT2D eigenvalue weighted by Gasteiger charge is 2.12. The normalized spacial score (nSPS) is 11.7. The molecule has 1 N–H and O–H groups in total. The van der Waals surface area contributed by atoms with E-state index in [-0.39, 0.29) is 5.41 Å². The van der Waals surface area contributed by atoms with Gasteiger partial charge in [0.15, 0.2) is 0 Å². The smallest absolute Gasteiger partial charge is 0.0211 e. The van der Waals surface area contributed by atoms with Crippen molar-refractivity contribution in [2.45, 2.75) is 53.1 Å². The van der Waals surface area contributed by atoms with E-state index in [0.717, 1.165) is 13.1 Å². The third kappa shape index (κ3) is 4.18. The van der Waals surface area contributed by atoms with E-state index < -0.39 is 0 Å². The maximum absolute atomic E-state index is 3.54. The van der Waals surface area contributed by atoms with Gasteiger partial charge in [0.1, 0.15) is 0 Å². The predicted molar refractivity (Wildman–Crippen MR) is 91.6 cm³/mol. The fourth-order valence-electron chi connectivity index (χ4n) is 2.47. The van der Waals surface area contributed by atoms with Crippen LogP contribution in [-0.2, 0) is 18.5 Å². The van der Waals surface area contributed by atoms with Crippen molar-refractivity contribution in [3.8, 4) is 0 Å². The molecule has 0 amide bonds. The molecule has 2 rings (SSSR count). The van der Waals surface area contributed by atoms with Gasteiger partial charge >= 0.3 is 0 Å². The lowest BCUT2D eigenvalue weighted by molar-refractivity contribution is 0.589. The van der Waals surface area contributed by atoms with Gasteiger partial charge in [0.25, 0.3) is 0 Å². The molecule has 0 unspecified atom stereocenters. The Balaban J connectivity index is 1.93. The standard InChI is InChI=1S/C20H27N/c1-15-7-6-8-18(16(15)2)14-21-13-17-9-11-19(12-10-17)20(3,4)5/h6-12,21H,13-14H2,1-5H3. The topological polar surface area (TPSA) is 12.0 Å². The zero-order valence-electron chi connectivity index (χ0n) is 14.0. The molecule has 0 bridgehead atoms. The highest BCUT2D eigenvalue weighted by molar-refractivity contribution is 5.33. The summed E-state index contributed by atoms with van der Waals surface area (Å²) >= 11 is 0. The van der Waals surface area contributed by atoms with Crippen molar-refractivity contribution < 1.29 is 0 Å². The Morgan fingerprint density at radius 2 is 1.52 bits per heavy atom. The van der Waals surface area contributed by atoms with Crippen molar-refractivity contribution >= 4 is 0 Å². The summed E-state index contributed by atoms with van der Waals surface area (Å²) in [7, 11) is 0. The van der Waals surface area contributed by atoms with Crippen molar-refractivity contribution in [3.63, 3.8) is 0 Å². The molecular weight excluding hydrogens is 254 g/mol. The van der Waals surface area contributed by atoms with Gasteiger partial charge in [-0.3, -0.25) is 0 Å². The number of rotatable bonds is 4. The minimum atomic E-state index is 0.227. The summed E-state index contributed by atoms with van der Waals surface area (Å²) < 4.78 is 0. The quantitative estimate of drug-likeness (QED) is 0.841. The number of benzene rings is 2. The molecule has 0 atom stereocenters. The highest BCUT2D eigenvalue weighted by Crippen LogP contribution is 2.22. The molecule has 0 aliphatic heterocycles. The Hall–Kier alpha value is -1.60. The maximum atomic E-state index is 3.54. The van der Waals surface area contributed by atoms with Gasteiger partial charge in [-0.2, -0.15) is 0 Å². The maximum Gasteiger partial charge on any atom is 0.0211 e. The summed E-state index contributed by atoms with van der Waals surface area (Å²) in [5.74, 6) is 0. The van der Waals surface area contributed by atoms with Crippen LogP contribution in [0.15, 0.2) is 42.5 Å². The van der Waals surface area contributed by atoms with Gasteiger partial charge in [-0.15, -0.1) is 0 Å². The Bertz CT molecular complexity index is 588. The average Bonchev–Trinajstić information content (AvgIpc) is 2.43. The summed E-state index contributed by atoms with van der Waals surface area (Å²) in [6.07, 6.45) is 0. The fraction of sp³-hybridized carbons (Fsp3) is 0.400. The zero-order chi connectivity index (χ0) is 15.5. The van der Waals surface area contributed by atoms with Crippen molar-refractivity contribution in [3.05, 3.63) is 70.3 Å². The first-order chi connectivity index (χ1) is 9.88. The summed E-state index contributed by atoms with van der Waals surface area (Å²) in [4.78, 5) is 0. The highest BCUT2D eigenvalue weighted by atomic mass is 14.8. The van der Waals surface area contributed by atoms with E-state index in [1.54, 1.807) is 0 Å². The van der Waals surface area contributed by atoms with Crippen LogP contribution in [0.1, 0.15) is 48.6 Å². The molecular formula is C20H27N. The van der Waals surface area contributed by atoms with Crippen LogP contribution >= 0.6 is 0 Å². The third-order valence-electron chi connectivity index (χ3n) is 4.18. The molecule has 0 aliphatic carbocycles. The van der Waals surface area contributed by atoms with Gasteiger partial charge in [0.05, 0.1) is 0 Å². The van der Waals surface area contributed by atoms with Crippen LogP contribution in [0.4, 0.5) is 0 Å². The molecule has 0 saturated heterocycles. The van der Waals surface area contributed by atoms with Gasteiger partial charge in [-0.25, -0.2) is 0 Å². The van der Waals surface area contributed by atoms with Gasteiger partial charge < -0.3 is 5.32 Å². The summed E-state index contributed by atoms with van der Waals surface area (Å²) in [5, 5.41) is 3.54. The second-order valence-electron chi connectivity index (χ2n) is 6.91. The van der Waals surface area contributed by atoms with Crippen LogP contribution in [-0.4, -0.2) is 0 Å². The Morgan fingerprint density at radius 1 is 0.857 bits per heavy atom. The number of hydrogen-bond donors (Lipinski definition) is 1. The minimum Gasteiger partial charge on any atom is -0.309 e. The first-order valence-corrected chi connectivity index (χ1v) is 7.73. The molecule has 1 nitrogen and oxygen atoms in total. The first kappa shape index (κ1) is 15.8. The second-order valence-corrected chi connectivity index (χ2v) is 6.91. The van der Waals surface area contributed by atoms with E-state index in [2.05, 4.69) is 82.4 Å². The van der Waals surface area contributed by atoms with E-state index in [0.29, 0.717) is 0 Å². The number of aryl methyl sites for hydroxylation is 1. The molecule has 0 saturated carbocycles. The largest absolute Gasteiger partial charge is 0.309 e. The molecule has 0 fully saturated rings. The molecule has 0 aliphatic rings. The van der Waals surface area contributed by atoms with Crippen molar-refractivity contribution in [1.82, 2.24) is 5.32 Å². The average molecular weight is 281 g/mol. The van der Waals surface area contributed by atoms with Crippen molar-refractivity contribution in [2.75, 3.05) is 0 Å². The van der Waals surface area contributed by atoms with Crippen molar-refractivity contribution in [1.29, 1.82) is 0 Å². The van der Waals surface area contributed by atoms with E-state index >= 15 is 0 Å². The van der Waals surface area contributed by atoms with E-state index in [1.165, 1.54) is 27.8 Å². The molecule has 0 aromatic heterocycles. The molecule has 1 heteroatoms. The summed E-state index contributed by atoms with van der Waals surface area (Å²) in [6, 6.07) is 15.5. The third-order valence-corrected chi connectivity index (χ3v) is 4.18. The van der Waals surface area contributed by atoms with Gasteiger partial charge in [0, 0.05) is 13.1 Å². The van der Waals surface area contributed by atoms with Crippen LogP contribution < -0.4 is 5.32 Å². The lowest BCUT2D eigenvalue weighted by atomic mass is 9.87. The molecule has 112 valence electrons. The van der Waals surface area contributed by atoms with Crippen LogP contribution in [0.5, 0.6) is 0 Å². The van der Waals surface area contributed by atoms with Crippen LogP contribution in [0.3, 0.4) is 0 Å². The lowest BCUT2D eigenvalue weighted by Crippen LogP contribution is -2.15. The summed E-state index contributed by atoms with van der Waals surface area (Å²) in [6.45, 7) is 13.0. The lowest BCUT2D eigenvalue weighted by Gasteiger charge is -2.19. The fourth-order valence-corrected chi connectivity index (χ4v) is 2.47.